The molecule has 2 N–H and O–H groups in total. The van der Waals surface area contributed by atoms with Crippen molar-refractivity contribution in [3.05, 3.63) is 70.3 Å². The van der Waals surface area contributed by atoms with Gasteiger partial charge in [-0.25, -0.2) is 0 Å². The SMILES string of the molecule is O=C(CCNc1ccccc1[N+](=O)[O-])NCCc1ccccc1. The van der Waals surface area contributed by atoms with Crippen LogP contribution in [-0.4, -0.2) is 23.9 Å². The Morgan fingerprint density at radius 2 is 1.70 bits per heavy atom. The number of amides is 1. The lowest BCUT2D eigenvalue weighted by Crippen LogP contribution is -2.27. The van der Waals surface area contributed by atoms with Crippen molar-refractivity contribution in [2.24, 2.45) is 0 Å². The molecule has 120 valence electrons. The predicted molar refractivity (Wildman–Crippen MR) is 89.4 cm³/mol. The first-order valence-electron chi connectivity index (χ1n) is 7.45. The number of nitro groups is 1. The molecule has 1 amide bonds. The smallest absolute Gasteiger partial charge is 0.292 e. The predicted octanol–water partition coefficient (Wildman–Crippen LogP) is 2.76. The fraction of sp³-hybridized carbons (Fsp3) is 0.235. The zero-order valence-electron chi connectivity index (χ0n) is 12.7. The molecule has 6 heteroatoms. The Morgan fingerprint density at radius 1 is 1.00 bits per heavy atom. The normalized spacial score (nSPS) is 10.1. The van der Waals surface area contributed by atoms with Crippen LogP contribution >= 0.6 is 0 Å². The van der Waals surface area contributed by atoms with E-state index in [1.165, 1.54) is 11.6 Å². The van der Waals surface area contributed by atoms with E-state index in [0.29, 0.717) is 18.8 Å². The van der Waals surface area contributed by atoms with E-state index in [1.54, 1.807) is 18.2 Å². The monoisotopic (exact) mass is 313 g/mol. The first-order valence-corrected chi connectivity index (χ1v) is 7.45. The summed E-state index contributed by atoms with van der Waals surface area (Å²) in [6.45, 7) is 0.927. The van der Waals surface area contributed by atoms with Gasteiger partial charge in [0, 0.05) is 25.6 Å². The van der Waals surface area contributed by atoms with Crippen LogP contribution in [0.1, 0.15) is 12.0 Å². The Kier molecular flexibility index (Phi) is 6.11. The molecule has 0 fully saturated rings. The lowest BCUT2D eigenvalue weighted by atomic mass is 10.1. The van der Waals surface area contributed by atoms with Crippen molar-refractivity contribution in [1.29, 1.82) is 0 Å². The first-order chi connectivity index (χ1) is 11.2. The molecule has 0 aromatic heterocycles. The summed E-state index contributed by atoms with van der Waals surface area (Å²) in [7, 11) is 0. The van der Waals surface area contributed by atoms with E-state index in [4.69, 9.17) is 0 Å². The van der Waals surface area contributed by atoms with E-state index >= 15 is 0 Å². The molecule has 0 unspecified atom stereocenters. The van der Waals surface area contributed by atoms with Crippen molar-refractivity contribution in [1.82, 2.24) is 5.32 Å². The highest BCUT2D eigenvalue weighted by atomic mass is 16.6. The second kappa shape index (κ2) is 8.53. The summed E-state index contributed by atoms with van der Waals surface area (Å²) < 4.78 is 0. The number of benzene rings is 2. The standard InChI is InChI=1S/C17H19N3O3/c21-17(19-12-10-14-6-2-1-3-7-14)11-13-18-15-8-4-5-9-16(15)20(22)23/h1-9,18H,10-13H2,(H,19,21). The van der Waals surface area contributed by atoms with Gasteiger partial charge in [-0.1, -0.05) is 42.5 Å². The topological polar surface area (TPSA) is 84.3 Å². The minimum atomic E-state index is -0.442. The minimum absolute atomic E-state index is 0.0111. The van der Waals surface area contributed by atoms with Crippen LogP contribution < -0.4 is 10.6 Å². The molecule has 6 nitrogen and oxygen atoms in total. The van der Waals surface area contributed by atoms with Crippen LogP contribution in [0.2, 0.25) is 0 Å². The third-order valence-electron chi connectivity index (χ3n) is 3.35. The molecule has 2 rings (SSSR count). The number of carbonyl (C=O) groups is 1. The molecule has 0 radical (unpaired) electrons. The maximum atomic E-state index is 11.8. The molecule has 0 spiro atoms. The maximum Gasteiger partial charge on any atom is 0.292 e. The number of para-hydroxylation sites is 2. The van der Waals surface area contributed by atoms with Gasteiger partial charge in [0.1, 0.15) is 5.69 Å². The Balaban J connectivity index is 1.70. The number of nitrogens with zero attached hydrogens (tertiary/aromatic N) is 1. The van der Waals surface area contributed by atoms with Gasteiger partial charge in [-0.05, 0) is 18.1 Å². The lowest BCUT2D eigenvalue weighted by Gasteiger charge is -2.08. The summed E-state index contributed by atoms with van der Waals surface area (Å²) >= 11 is 0. The molecule has 0 heterocycles. The molecule has 2 aromatic carbocycles. The molecule has 0 atom stereocenters. The third kappa shape index (κ3) is 5.43. The van der Waals surface area contributed by atoms with Crippen LogP contribution in [-0.2, 0) is 11.2 Å². The number of anilines is 1. The van der Waals surface area contributed by atoms with Crippen molar-refractivity contribution in [3.63, 3.8) is 0 Å². The van der Waals surface area contributed by atoms with Crippen LogP contribution in [0.4, 0.5) is 11.4 Å². The molecule has 0 saturated heterocycles. The van der Waals surface area contributed by atoms with E-state index in [-0.39, 0.29) is 18.0 Å². The highest BCUT2D eigenvalue weighted by Gasteiger charge is 2.11. The molecule has 23 heavy (non-hydrogen) atoms. The number of rotatable bonds is 8. The first kappa shape index (κ1) is 16.5. The van der Waals surface area contributed by atoms with Crippen molar-refractivity contribution in [2.45, 2.75) is 12.8 Å². The average molecular weight is 313 g/mol. The van der Waals surface area contributed by atoms with Crippen molar-refractivity contribution in [2.75, 3.05) is 18.4 Å². The minimum Gasteiger partial charge on any atom is -0.379 e. The summed E-state index contributed by atoms with van der Waals surface area (Å²) in [4.78, 5) is 22.2. The molecule has 0 bridgehead atoms. The van der Waals surface area contributed by atoms with Crippen molar-refractivity contribution in [3.8, 4) is 0 Å². The zero-order chi connectivity index (χ0) is 16.5. The second-order valence-electron chi connectivity index (χ2n) is 5.04. The van der Waals surface area contributed by atoms with Gasteiger partial charge >= 0.3 is 0 Å². The van der Waals surface area contributed by atoms with Crippen molar-refractivity contribution < 1.29 is 9.72 Å². The van der Waals surface area contributed by atoms with E-state index in [9.17, 15) is 14.9 Å². The third-order valence-corrected chi connectivity index (χ3v) is 3.35. The van der Waals surface area contributed by atoms with E-state index in [2.05, 4.69) is 10.6 Å². The molecule has 0 aliphatic heterocycles. The second-order valence-corrected chi connectivity index (χ2v) is 5.04. The zero-order valence-corrected chi connectivity index (χ0v) is 12.7. The van der Waals surface area contributed by atoms with Crippen LogP contribution in [0.25, 0.3) is 0 Å². The number of carbonyl (C=O) groups excluding carboxylic acids is 1. The van der Waals surface area contributed by atoms with Crippen LogP contribution in [0.3, 0.4) is 0 Å². The highest BCUT2D eigenvalue weighted by molar-refractivity contribution is 5.76. The molecule has 0 aliphatic rings. The molecule has 0 aliphatic carbocycles. The summed E-state index contributed by atoms with van der Waals surface area (Å²) in [6, 6.07) is 16.3. The number of nitro benzene ring substituents is 1. The van der Waals surface area contributed by atoms with Gasteiger partial charge in [0.15, 0.2) is 0 Å². The number of hydrogen-bond donors (Lipinski definition) is 2. The summed E-state index contributed by atoms with van der Waals surface area (Å²) in [6.07, 6.45) is 1.05. The Morgan fingerprint density at radius 3 is 2.43 bits per heavy atom. The average Bonchev–Trinajstić information content (AvgIpc) is 2.56. The number of nitrogens with one attached hydrogen (secondary N) is 2. The fourth-order valence-electron chi connectivity index (χ4n) is 2.17. The summed E-state index contributed by atoms with van der Waals surface area (Å²) in [5.41, 5.74) is 1.61. The van der Waals surface area contributed by atoms with E-state index < -0.39 is 4.92 Å². The number of hydrogen-bond acceptors (Lipinski definition) is 4. The maximum absolute atomic E-state index is 11.8. The molecule has 0 saturated carbocycles. The Hall–Kier alpha value is -2.89. The van der Waals surface area contributed by atoms with Crippen LogP contribution in [0.15, 0.2) is 54.6 Å². The molecule has 2 aromatic rings. The van der Waals surface area contributed by atoms with Crippen LogP contribution in [0, 0.1) is 10.1 Å². The molecular formula is C17H19N3O3. The van der Waals surface area contributed by atoms with Gasteiger partial charge in [0.2, 0.25) is 5.91 Å². The largest absolute Gasteiger partial charge is 0.379 e. The quantitative estimate of drug-likeness (QED) is 0.580. The van der Waals surface area contributed by atoms with Crippen LogP contribution in [0.5, 0.6) is 0 Å². The van der Waals surface area contributed by atoms with Gasteiger partial charge in [-0.15, -0.1) is 0 Å². The Labute approximate surface area is 134 Å². The van der Waals surface area contributed by atoms with Gasteiger partial charge < -0.3 is 10.6 Å². The summed E-state index contributed by atoms with van der Waals surface area (Å²) in [5, 5.41) is 16.7. The fourth-order valence-corrected chi connectivity index (χ4v) is 2.17. The van der Waals surface area contributed by atoms with Gasteiger partial charge in [-0.3, -0.25) is 14.9 Å². The van der Waals surface area contributed by atoms with Gasteiger partial charge in [0.25, 0.3) is 5.69 Å². The van der Waals surface area contributed by atoms with E-state index in [0.717, 1.165) is 6.42 Å². The van der Waals surface area contributed by atoms with Gasteiger partial charge in [0.05, 0.1) is 4.92 Å². The van der Waals surface area contributed by atoms with E-state index in [1.807, 2.05) is 30.3 Å². The highest BCUT2D eigenvalue weighted by Crippen LogP contribution is 2.22. The Bertz CT molecular complexity index is 659. The lowest BCUT2D eigenvalue weighted by molar-refractivity contribution is -0.384. The van der Waals surface area contributed by atoms with Gasteiger partial charge in [-0.2, -0.15) is 0 Å². The summed E-state index contributed by atoms with van der Waals surface area (Å²) in [5.74, 6) is -0.0768. The molecular weight excluding hydrogens is 294 g/mol. The van der Waals surface area contributed by atoms with Crippen molar-refractivity contribution >= 4 is 17.3 Å².